The smallest absolute Gasteiger partial charge is 0.407 e. The van der Waals surface area contributed by atoms with Gasteiger partial charge in [0.05, 0.1) is 5.41 Å². The summed E-state index contributed by atoms with van der Waals surface area (Å²) in [5.41, 5.74) is 3.69. The van der Waals surface area contributed by atoms with E-state index in [1.807, 2.05) is 24.3 Å². The number of benzene rings is 2. The highest BCUT2D eigenvalue weighted by Crippen LogP contribution is 2.44. The zero-order valence-corrected chi connectivity index (χ0v) is 19.1. The average Bonchev–Trinajstić information content (AvgIpc) is 3.57. The number of hydrogen-bond donors (Lipinski definition) is 3. The Hall–Kier alpha value is -3.35. The number of carboxylic acid groups (broad SMARTS) is 1. The van der Waals surface area contributed by atoms with Gasteiger partial charge in [-0.05, 0) is 47.4 Å². The van der Waals surface area contributed by atoms with Crippen molar-refractivity contribution < 1.29 is 24.2 Å². The third-order valence-electron chi connectivity index (χ3n) is 7.58. The molecule has 2 amide bonds. The van der Waals surface area contributed by atoms with Gasteiger partial charge in [0.2, 0.25) is 5.91 Å². The molecule has 7 nitrogen and oxygen atoms in total. The fraction of sp³-hybridized carbons (Fsp3) is 0.444. The SMILES string of the molecule is O=C(NC(CC1CC1)C(=O)NCC1(C(=O)O)CCC1)OCC1c2ccccc2-c2ccccc21. The molecule has 2 saturated carbocycles. The predicted octanol–water partition coefficient (Wildman–Crippen LogP) is 4.06. The minimum atomic E-state index is -0.873. The first-order chi connectivity index (χ1) is 16.5. The molecule has 2 aromatic carbocycles. The minimum Gasteiger partial charge on any atom is -0.481 e. The first-order valence-corrected chi connectivity index (χ1v) is 12.1. The topological polar surface area (TPSA) is 105 Å². The first kappa shape index (κ1) is 22.4. The number of ether oxygens (including phenoxy) is 1. The van der Waals surface area contributed by atoms with Gasteiger partial charge >= 0.3 is 12.1 Å². The Bertz CT molecular complexity index is 1060. The van der Waals surface area contributed by atoms with Crippen LogP contribution in [-0.4, -0.2) is 42.3 Å². The van der Waals surface area contributed by atoms with E-state index >= 15 is 0 Å². The van der Waals surface area contributed by atoms with Gasteiger partial charge < -0.3 is 20.5 Å². The Labute approximate surface area is 198 Å². The number of aliphatic carboxylic acids is 1. The molecule has 34 heavy (non-hydrogen) atoms. The van der Waals surface area contributed by atoms with E-state index in [1.54, 1.807) is 0 Å². The lowest BCUT2D eigenvalue weighted by molar-refractivity contribution is -0.154. The van der Waals surface area contributed by atoms with Gasteiger partial charge in [-0.2, -0.15) is 0 Å². The molecule has 0 bridgehead atoms. The summed E-state index contributed by atoms with van der Waals surface area (Å²) in [6, 6.07) is 15.5. The van der Waals surface area contributed by atoms with Gasteiger partial charge in [0, 0.05) is 12.5 Å². The summed E-state index contributed by atoms with van der Waals surface area (Å²) in [6.45, 7) is 0.272. The highest BCUT2D eigenvalue weighted by atomic mass is 16.5. The van der Waals surface area contributed by atoms with Crippen LogP contribution in [0.1, 0.15) is 55.6 Å². The lowest BCUT2D eigenvalue weighted by Crippen LogP contribution is -2.53. The maximum atomic E-state index is 12.9. The van der Waals surface area contributed by atoms with E-state index in [0.717, 1.165) is 41.5 Å². The van der Waals surface area contributed by atoms with Gasteiger partial charge in [-0.25, -0.2) is 4.79 Å². The molecule has 178 valence electrons. The molecular weight excluding hydrogens is 432 g/mol. The number of carbonyl (C=O) groups is 3. The van der Waals surface area contributed by atoms with E-state index < -0.39 is 23.5 Å². The van der Waals surface area contributed by atoms with Crippen molar-refractivity contribution in [2.75, 3.05) is 13.2 Å². The second kappa shape index (κ2) is 9.12. The van der Waals surface area contributed by atoms with Crippen LogP contribution >= 0.6 is 0 Å². The van der Waals surface area contributed by atoms with Gasteiger partial charge in [0.15, 0.2) is 0 Å². The van der Waals surface area contributed by atoms with Crippen molar-refractivity contribution in [1.29, 1.82) is 0 Å². The van der Waals surface area contributed by atoms with E-state index in [1.165, 1.54) is 0 Å². The van der Waals surface area contributed by atoms with E-state index in [-0.39, 0.29) is 25.0 Å². The highest BCUT2D eigenvalue weighted by molar-refractivity contribution is 5.86. The fourth-order valence-electron chi connectivity index (χ4n) is 5.15. The third-order valence-corrected chi connectivity index (χ3v) is 7.58. The second-order valence-corrected chi connectivity index (χ2v) is 9.86. The molecule has 0 saturated heterocycles. The molecular formula is C27H30N2O5. The number of carbonyl (C=O) groups excluding carboxylic acids is 2. The number of nitrogens with one attached hydrogen (secondary N) is 2. The molecule has 2 fully saturated rings. The lowest BCUT2D eigenvalue weighted by atomic mass is 9.69. The summed E-state index contributed by atoms with van der Waals surface area (Å²) in [5.74, 6) is -0.861. The van der Waals surface area contributed by atoms with Crippen LogP contribution in [0.4, 0.5) is 4.79 Å². The third kappa shape index (κ3) is 4.39. The monoisotopic (exact) mass is 462 g/mol. The van der Waals surface area contributed by atoms with Gasteiger partial charge in [0.25, 0.3) is 0 Å². The van der Waals surface area contributed by atoms with E-state index in [4.69, 9.17) is 4.74 Å². The molecule has 0 spiro atoms. The highest BCUT2D eigenvalue weighted by Gasteiger charge is 2.45. The molecule has 0 aromatic heterocycles. The van der Waals surface area contributed by atoms with Gasteiger partial charge in [0.1, 0.15) is 12.6 Å². The fourth-order valence-corrected chi connectivity index (χ4v) is 5.15. The quantitative estimate of drug-likeness (QED) is 0.521. The van der Waals surface area contributed by atoms with Crippen LogP contribution in [0.5, 0.6) is 0 Å². The molecule has 7 heteroatoms. The number of rotatable bonds is 9. The summed E-state index contributed by atoms with van der Waals surface area (Å²) in [6.07, 6.45) is 3.97. The minimum absolute atomic E-state index is 0.0529. The van der Waals surface area contributed by atoms with Crippen molar-refractivity contribution in [3.05, 3.63) is 59.7 Å². The molecule has 3 aliphatic rings. The van der Waals surface area contributed by atoms with Crippen LogP contribution < -0.4 is 10.6 Å². The van der Waals surface area contributed by atoms with Gasteiger partial charge in [-0.15, -0.1) is 0 Å². The van der Waals surface area contributed by atoms with E-state index in [2.05, 4.69) is 34.9 Å². The number of hydrogen-bond acceptors (Lipinski definition) is 4. The number of amides is 2. The molecule has 0 heterocycles. The summed E-state index contributed by atoms with van der Waals surface area (Å²) in [4.78, 5) is 37.2. The second-order valence-electron chi connectivity index (χ2n) is 9.86. The molecule has 5 rings (SSSR count). The molecule has 3 N–H and O–H groups in total. The Morgan fingerprint density at radius 1 is 1.00 bits per heavy atom. The molecule has 0 aliphatic heterocycles. The summed E-state index contributed by atoms with van der Waals surface area (Å²) < 4.78 is 5.61. The van der Waals surface area contributed by atoms with Gasteiger partial charge in [-0.3, -0.25) is 9.59 Å². The number of carboxylic acids is 1. The Morgan fingerprint density at radius 3 is 2.15 bits per heavy atom. The lowest BCUT2D eigenvalue weighted by Gasteiger charge is -2.37. The van der Waals surface area contributed by atoms with Crippen LogP contribution in [0.15, 0.2) is 48.5 Å². The maximum absolute atomic E-state index is 12.9. The van der Waals surface area contributed by atoms with Crippen LogP contribution in [0.2, 0.25) is 0 Å². The molecule has 0 radical (unpaired) electrons. The van der Waals surface area contributed by atoms with Crippen molar-refractivity contribution >= 4 is 18.0 Å². The maximum Gasteiger partial charge on any atom is 0.407 e. The van der Waals surface area contributed by atoms with Crippen molar-refractivity contribution in [3.63, 3.8) is 0 Å². The van der Waals surface area contributed by atoms with Crippen molar-refractivity contribution in [2.45, 2.75) is 50.5 Å². The van der Waals surface area contributed by atoms with E-state index in [0.29, 0.717) is 25.2 Å². The largest absolute Gasteiger partial charge is 0.481 e. The van der Waals surface area contributed by atoms with Crippen molar-refractivity contribution in [2.24, 2.45) is 11.3 Å². The molecule has 1 unspecified atom stereocenters. The van der Waals surface area contributed by atoms with Crippen LogP contribution in [0.3, 0.4) is 0 Å². The Kier molecular flexibility index (Phi) is 6.02. The average molecular weight is 463 g/mol. The summed E-state index contributed by atoms with van der Waals surface area (Å²) >= 11 is 0. The van der Waals surface area contributed by atoms with Crippen LogP contribution in [0, 0.1) is 11.3 Å². The Balaban J connectivity index is 1.21. The number of alkyl carbamates (subject to hydrolysis) is 1. The van der Waals surface area contributed by atoms with Crippen LogP contribution in [-0.2, 0) is 14.3 Å². The van der Waals surface area contributed by atoms with Crippen molar-refractivity contribution in [3.8, 4) is 11.1 Å². The van der Waals surface area contributed by atoms with Gasteiger partial charge in [-0.1, -0.05) is 67.8 Å². The Morgan fingerprint density at radius 2 is 1.62 bits per heavy atom. The summed E-state index contributed by atoms with van der Waals surface area (Å²) in [5, 5.41) is 15.0. The standard InChI is InChI=1S/C27H30N2O5/c30-24(28-16-27(25(31)32)12-5-13-27)23(14-17-10-11-17)29-26(33)34-15-22-20-8-3-1-6-18(20)19-7-2-4-9-21(19)22/h1-4,6-9,17,22-23H,5,10-16H2,(H,28,30)(H,29,33)(H,31,32). The molecule has 3 aliphatic carbocycles. The number of fused-ring (bicyclic) bond motifs is 3. The predicted molar refractivity (Wildman–Crippen MR) is 126 cm³/mol. The summed E-state index contributed by atoms with van der Waals surface area (Å²) in [7, 11) is 0. The van der Waals surface area contributed by atoms with Crippen molar-refractivity contribution in [1.82, 2.24) is 10.6 Å². The molecule has 1 atom stereocenters. The molecule has 2 aromatic rings. The normalized spacial score (nSPS) is 18.7. The van der Waals surface area contributed by atoms with Crippen LogP contribution in [0.25, 0.3) is 11.1 Å². The van der Waals surface area contributed by atoms with E-state index in [9.17, 15) is 19.5 Å². The first-order valence-electron chi connectivity index (χ1n) is 12.1. The zero-order valence-electron chi connectivity index (χ0n) is 19.1. The zero-order chi connectivity index (χ0) is 23.7.